The second-order valence-corrected chi connectivity index (χ2v) is 7.53. The lowest BCUT2D eigenvalue weighted by Crippen LogP contribution is -2.22. The van der Waals surface area contributed by atoms with Crippen LogP contribution in [0.5, 0.6) is 11.5 Å². The van der Waals surface area contributed by atoms with E-state index in [4.69, 9.17) is 10.00 Å². The molecule has 26 heavy (non-hydrogen) atoms. The van der Waals surface area contributed by atoms with E-state index in [0.29, 0.717) is 0 Å². The molecule has 1 N–H and O–H groups in total. The first kappa shape index (κ1) is 18.2. The molecule has 1 atom stereocenters. The first-order valence-corrected chi connectivity index (χ1v) is 8.88. The third kappa shape index (κ3) is 3.00. The van der Waals surface area contributed by atoms with Crippen LogP contribution < -0.4 is 4.74 Å². The molecule has 6 nitrogen and oxygen atoms in total. The summed E-state index contributed by atoms with van der Waals surface area (Å²) in [7, 11) is -4.48. The topological polar surface area (TPSA) is 100 Å². The lowest BCUT2D eigenvalue weighted by atomic mass is 10.1. The zero-order valence-corrected chi connectivity index (χ0v) is 13.8. The molecular formula is C16H11F3N2O4S. The molecule has 0 bridgehead atoms. The van der Waals surface area contributed by atoms with Gasteiger partial charge in [-0.05, 0) is 12.1 Å². The second kappa shape index (κ2) is 6.26. The van der Waals surface area contributed by atoms with Crippen LogP contribution in [0.25, 0.3) is 0 Å². The highest BCUT2D eigenvalue weighted by molar-refractivity contribution is 7.91. The molecule has 1 aliphatic rings. The van der Waals surface area contributed by atoms with Gasteiger partial charge in [0.05, 0.1) is 16.7 Å². The van der Waals surface area contributed by atoms with Gasteiger partial charge in [0, 0.05) is 29.8 Å². The number of ether oxygens (including phenoxy) is 1. The first-order chi connectivity index (χ1) is 12.2. The van der Waals surface area contributed by atoms with Crippen LogP contribution in [0.4, 0.5) is 13.2 Å². The van der Waals surface area contributed by atoms with Gasteiger partial charge in [0.1, 0.15) is 23.7 Å². The van der Waals surface area contributed by atoms with E-state index in [-0.39, 0.29) is 22.6 Å². The normalized spacial score (nSPS) is 18.2. The Labute approximate surface area is 146 Å². The predicted octanol–water partition coefficient (Wildman–Crippen LogP) is 2.67. The lowest BCUT2D eigenvalue weighted by molar-refractivity contribution is -0.0976. The van der Waals surface area contributed by atoms with Crippen molar-refractivity contribution in [3.05, 3.63) is 47.3 Å². The molecule has 0 amide bonds. The first-order valence-electron chi connectivity index (χ1n) is 7.23. The molecule has 0 unspecified atom stereocenters. The predicted molar refractivity (Wildman–Crippen MR) is 82.2 cm³/mol. The van der Waals surface area contributed by atoms with Crippen molar-refractivity contribution >= 4 is 9.84 Å². The fourth-order valence-electron chi connectivity index (χ4n) is 2.74. The Kier molecular flexibility index (Phi) is 4.37. The molecule has 3 rings (SSSR count). The number of halogens is 3. The number of benzene rings is 1. The summed E-state index contributed by atoms with van der Waals surface area (Å²) in [5, 5.41) is 18.7. The molecule has 1 heterocycles. The number of aliphatic hydroxyl groups excluding tert-OH is 1. The number of nitrogens with zero attached hydrogens (tertiary/aromatic N) is 2. The molecule has 0 saturated carbocycles. The maximum atomic E-state index is 14.0. The summed E-state index contributed by atoms with van der Waals surface area (Å²) in [5.41, 5.74) is -0.643. The average Bonchev–Trinajstić information content (AvgIpc) is 2.86. The standard InChI is InChI=1S/C16H11F3N2O4S/c17-8-26(23,24)13-2-1-12(11-4-16(18,19)15(22)14(11)13)25-10-3-9(5-20)6-21-7-10/h1-3,6-7,15,22H,4,8H2/t15-/m0/s1. The third-order valence-electron chi connectivity index (χ3n) is 3.91. The van der Waals surface area contributed by atoms with E-state index in [2.05, 4.69) is 4.98 Å². The number of sulfone groups is 1. The number of aliphatic hydroxyl groups is 1. The van der Waals surface area contributed by atoms with Crippen molar-refractivity contribution in [2.24, 2.45) is 0 Å². The van der Waals surface area contributed by atoms with Crippen molar-refractivity contribution in [1.82, 2.24) is 4.98 Å². The summed E-state index contributed by atoms with van der Waals surface area (Å²) in [4.78, 5) is 3.07. The smallest absolute Gasteiger partial charge is 0.281 e. The quantitative estimate of drug-likeness (QED) is 0.870. The minimum atomic E-state index is -4.48. The monoisotopic (exact) mass is 384 g/mol. The summed E-state index contributed by atoms with van der Waals surface area (Å²) in [5.74, 6) is -3.70. The Hall–Kier alpha value is -2.64. The molecule has 0 radical (unpaired) electrons. The van der Waals surface area contributed by atoms with Crippen LogP contribution >= 0.6 is 0 Å². The number of fused-ring (bicyclic) bond motifs is 1. The molecule has 136 valence electrons. The van der Waals surface area contributed by atoms with Gasteiger partial charge in [-0.15, -0.1) is 0 Å². The van der Waals surface area contributed by atoms with Gasteiger partial charge in [0.25, 0.3) is 5.92 Å². The molecule has 1 aromatic heterocycles. The zero-order chi connectivity index (χ0) is 19.1. The van der Waals surface area contributed by atoms with Crippen LogP contribution in [0, 0.1) is 11.3 Å². The Morgan fingerprint density at radius 2 is 2.12 bits per heavy atom. The van der Waals surface area contributed by atoms with Crippen LogP contribution in [-0.4, -0.2) is 30.4 Å². The Balaban J connectivity index is 2.14. The molecule has 0 aliphatic heterocycles. The van der Waals surface area contributed by atoms with Gasteiger partial charge < -0.3 is 9.84 Å². The van der Waals surface area contributed by atoms with Crippen molar-refractivity contribution in [2.45, 2.75) is 23.3 Å². The largest absolute Gasteiger partial charge is 0.455 e. The zero-order valence-electron chi connectivity index (χ0n) is 13.0. The fraction of sp³-hybridized carbons (Fsp3) is 0.250. The Bertz CT molecular complexity index is 1020. The Morgan fingerprint density at radius 3 is 2.77 bits per heavy atom. The maximum absolute atomic E-state index is 14.0. The summed E-state index contributed by atoms with van der Waals surface area (Å²) in [6.07, 6.45) is -0.865. The Morgan fingerprint density at radius 1 is 1.38 bits per heavy atom. The lowest BCUT2D eigenvalue weighted by Gasteiger charge is -2.16. The van der Waals surface area contributed by atoms with Gasteiger partial charge in [-0.3, -0.25) is 4.98 Å². The molecule has 0 fully saturated rings. The summed E-state index contributed by atoms with van der Waals surface area (Å²) in [6.45, 7) is 0. The minimum Gasteiger partial charge on any atom is -0.455 e. The van der Waals surface area contributed by atoms with E-state index in [0.717, 1.165) is 12.1 Å². The number of pyridine rings is 1. The van der Waals surface area contributed by atoms with Crippen LogP contribution in [0.2, 0.25) is 0 Å². The SMILES string of the molecule is N#Cc1cncc(Oc2ccc(S(=O)(=O)CF)c3c2CC(F)(F)[C@H]3O)c1. The number of rotatable bonds is 4. The van der Waals surface area contributed by atoms with E-state index >= 15 is 0 Å². The molecule has 10 heteroatoms. The molecule has 0 saturated heterocycles. The average molecular weight is 384 g/mol. The van der Waals surface area contributed by atoms with Crippen LogP contribution in [0.3, 0.4) is 0 Å². The van der Waals surface area contributed by atoms with Crippen LogP contribution in [0.1, 0.15) is 22.8 Å². The number of hydrogen-bond acceptors (Lipinski definition) is 6. The fourth-order valence-corrected chi connectivity index (χ4v) is 3.70. The number of hydrogen-bond donors (Lipinski definition) is 1. The van der Waals surface area contributed by atoms with Gasteiger partial charge in [0.15, 0.2) is 6.01 Å². The van der Waals surface area contributed by atoms with Crippen molar-refractivity contribution in [1.29, 1.82) is 5.26 Å². The van der Waals surface area contributed by atoms with Gasteiger partial charge in [-0.25, -0.2) is 21.6 Å². The van der Waals surface area contributed by atoms with Gasteiger partial charge in [-0.1, -0.05) is 0 Å². The van der Waals surface area contributed by atoms with Crippen LogP contribution in [-0.2, 0) is 16.3 Å². The highest BCUT2D eigenvalue weighted by Crippen LogP contribution is 2.49. The molecule has 0 spiro atoms. The summed E-state index contributed by atoms with van der Waals surface area (Å²) in [6, 6.07) is 3.39. The number of aromatic nitrogens is 1. The number of alkyl halides is 3. The second-order valence-electron chi connectivity index (χ2n) is 5.64. The highest BCUT2D eigenvalue weighted by atomic mass is 32.2. The van der Waals surface area contributed by atoms with Crippen molar-refractivity contribution in [3.8, 4) is 17.6 Å². The van der Waals surface area contributed by atoms with E-state index < -0.39 is 44.8 Å². The molecule has 2 aromatic rings. The van der Waals surface area contributed by atoms with Crippen molar-refractivity contribution < 1.29 is 31.4 Å². The van der Waals surface area contributed by atoms with Crippen molar-refractivity contribution in [3.63, 3.8) is 0 Å². The maximum Gasteiger partial charge on any atom is 0.281 e. The highest BCUT2D eigenvalue weighted by Gasteiger charge is 2.50. The third-order valence-corrected chi connectivity index (χ3v) is 5.22. The minimum absolute atomic E-state index is 0.0667. The molecule has 1 aromatic carbocycles. The van der Waals surface area contributed by atoms with Gasteiger partial charge >= 0.3 is 0 Å². The number of nitriles is 1. The van der Waals surface area contributed by atoms with Gasteiger partial charge in [-0.2, -0.15) is 5.26 Å². The van der Waals surface area contributed by atoms with E-state index in [1.54, 1.807) is 0 Å². The molecular weight excluding hydrogens is 373 g/mol. The summed E-state index contributed by atoms with van der Waals surface area (Å²) >= 11 is 0. The molecule has 1 aliphatic carbocycles. The van der Waals surface area contributed by atoms with E-state index in [1.807, 2.05) is 6.07 Å². The van der Waals surface area contributed by atoms with E-state index in [1.165, 1.54) is 18.5 Å². The van der Waals surface area contributed by atoms with Crippen LogP contribution in [0.15, 0.2) is 35.5 Å². The summed E-state index contributed by atoms with van der Waals surface area (Å²) < 4.78 is 70.0. The van der Waals surface area contributed by atoms with Gasteiger partial charge in [0.2, 0.25) is 9.84 Å². The van der Waals surface area contributed by atoms with E-state index in [9.17, 15) is 26.7 Å². The van der Waals surface area contributed by atoms with Crippen molar-refractivity contribution in [2.75, 3.05) is 6.01 Å².